The van der Waals surface area contributed by atoms with Crippen LogP contribution < -0.4 is 0 Å². The molecule has 0 radical (unpaired) electrons. The lowest BCUT2D eigenvalue weighted by Gasteiger charge is -2.06. The molecule has 0 atom stereocenters. The van der Waals surface area contributed by atoms with Crippen molar-refractivity contribution in [3.8, 4) is 0 Å². The summed E-state index contributed by atoms with van der Waals surface area (Å²) in [5.41, 5.74) is 0. The van der Waals surface area contributed by atoms with Crippen LogP contribution in [0.15, 0.2) is 0 Å². The van der Waals surface area contributed by atoms with Gasteiger partial charge in [-0.25, -0.2) is 0 Å². The molecule has 2 heteroatoms. The second kappa shape index (κ2) is 20.9. The Kier molecular flexibility index (Phi) is 20.8. The summed E-state index contributed by atoms with van der Waals surface area (Å²) in [4.78, 5) is 0. The summed E-state index contributed by atoms with van der Waals surface area (Å²) in [6.45, 7) is 7.87. The van der Waals surface area contributed by atoms with E-state index in [0.717, 1.165) is 26.4 Å². The summed E-state index contributed by atoms with van der Waals surface area (Å²) in [6, 6.07) is 0. The van der Waals surface area contributed by atoms with Crippen molar-refractivity contribution in [2.24, 2.45) is 0 Å². The number of hydrogen-bond donors (Lipinski definition) is 0. The highest BCUT2D eigenvalue weighted by Gasteiger charge is 1.94. The van der Waals surface area contributed by atoms with Crippen molar-refractivity contribution in [1.29, 1.82) is 0 Å². The van der Waals surface area contributed by atoms with Crippen molar-refractivity contribution in [3.05, 3.63) is 0 Å². The molecule has 0 aliphatic heterocycles. The van der Waals surface area contributed by atoms with E-state index in [0.29, 0.717) is 0 Å². The molecule has 22 heavy (non-hydrogen) atoms. The summed E-state index contributed by atoms with van der Waals surface area (Å²) in [6.07, 6.45) is 19.0. The van der Waals surface area contributed by atoms with Crippen LogP contribution in [-0.2, 0) is 9.47 Å². The Balaban J connectivity index is 2.91. The van der Waals surface area contributed by atoms with Crippen LogP contribution in [0.25, 0.3) is 0 Å². The predicted molar refractivity (Wildman–Crippen MR) is 97.6 cm³/mol. The average Bonchev–Trinajstić information content (AvgIpc) is 2.54. The van der Waals surface area contributed by atoms with Gasteiger partial charge < -0.3 is 9.47 Å². The molecule has 0 spiro atoms. The molecule has 0 unspecified atom stereocenters. The largest absolute Gasteiger partial charge is 0.379 e. The van der Waals surface area contributed by atoms with Gasteiger partial charge in [0.15, 0.2) is 0 Å². The van der Waals surface area contributed by atoms with E-state index >= 15 is 0 Å². The Morgan fingerprint density at radius 2 is 0.682 bits per heavy atom. The minimum atomic E-state index is 0.768. The second-order valence-corrected chi connectivity index (χ2v) is 6.47. The van der Waals surface area contributed by atoms with E-state index < -0.39 is 0 Å². The Hall–Kier alpha value is -0.0800. The van der Waals surface area contributed by atoms with Crippen LogP contribution in [0, 0.1) is 0 Å². The minimum absolute atomic E-state index is 0.768. The Bertz CT molecular complexity index is 163. The Morgan fingerprint density at radius 1 is 0.364 bits per heavy atom. The van der Waals surface area contributed by atoms with E-state index in [1.54, 1.807) is 0 Å². The van der Waals surface area contributed by atoms with Crippen LogP contribution in [-0.4, -0.2) is 26.4 Å². The minimum Gasteiger partial charge on any atom is -0.379 e. The normalized spacial score (nSPS) is 11.2. The molecule has 0 aromatic carbocycles. The third-order valence-corrected chi connectivity index (χ3v) is 4.16. The maximum absolute atomic E-state index is 5.61. The molecule has 0 bridgehead atoms. The quantitative estimate of drug-likeness (QED) is 0.253. The van der Waals surface area contributed by atoms with E-state index in [2.05, 4.69) is 13.8 Å². The molecule has 0 aromatic heterocycles. The van der Waals surface area contributed by atoms with E-state index in [1.165, 1.54) is 89.9 Å². The van der Waals surface area contributed by atoms with Crippen LogP contribution in [0.5, 0.6) is 0 Å². The Labute approximate surface area is 140 Å². The van der Waals surface area contributed by atoms with Gasteiger partial charge in [0.2, 0.25) is 0 Å². The maximum Gasteiger partial charge on any atom is 0.0700 e. The first-order chi connectivity index (χ1) is 10.9. The number of hydrogen-bond acceptors (Lipinski definition) is 2. The van der Waals surface area contributed by atoms with Crippen molar-refractivity contribution in [2.45, 2.75) is 104 Å². The molecule has 0 fully saturated rings. The van der Waals surface area contributed by atoms with Crippen molar-refractivity contribution >= 4 is 0 Å². The first-order valence-corrected chi connectivity index (χ1v) is 10.1. The predicted octanol–water partition coefficient (Wildman–Crippen LogP) is 6.52. The fraction of sp³-hybridized carbons (Fsp3) is 1.00. The van der Waals surface area contributed by atoms with Crippen LogP contribution in [0.4, 0.5) is 0 Å². The number of ether oxygens (including phenoxy) is 2. The van der Waals surface area contributed by atoms with Gasteiger partial charge in [0.05, 0.1) is 13.2 Å². The number of unbranched alkanes of at least 4 members (excludes halogenated alkanes) is 12. The van der Waals surface area contributed by atoms with Crippen molar-refractivity contribution in [3.63, 3.8) is 0 Å². The molecule has 2 nitrogen and oxygen atoms in total. The van der Waals surface area contributed by atoms with Gasteiger partial charge in [-0.3, -0.25) is 0 Å². The van der Waals surface area contributed by atoms with E-state index in [9.17, 15) is 0 Å². The van der Waals surface area contributed by atoms with Crippen molar-refractivity contribution in [1.82, 2.24) is 0 Å². The molecule has 0 rings (SSSR count). The third kappa shape index (κ3) is 19.9. The molecule has 0 N–H and O–H groups in total. The van der Waals surface area contributed by atoms with Crippen LogP contribution >= 0.6 is 0 Å². The lowest BCUT2D eigenvalue weighted by molar-refractivity contribution is 0.0449. The lowest BCUT2D eigenvalue weighted by atomic mass is 10.1. The van der Waals surface area contributed by atoms with Crippen LogP contribution in [0.1, 0.15) is 104 Å². The van der Waals surface area contributed by atoms with Gasteiger partial charge in [-0.15, -0.1) is 0 Å². The van der Waals surface area contributed by atoms with E-state index in [-0.39, 0.29) is 0 Å². The molecule has 0 aliphatic rings. The van der Waals surface area contributed by atoms with Gasteiger partial charge in [-0.05, 0) is 12.8 Å². The molecule has 0 heterocycles. The molecular weight excluding hydrogens is 272 g/mol. The highest BCUT2D eigenvalue weighted by molar-refractivity contribution is 4.47. The van der Waals surface area contributed by atoms with Gasteiger partial charge >= 0.3 is 0 Å². The van der Waals surface area contributed by atoms with Crippen molar-refractivity contribution in [2.75, 3.05) is 26.4 Å². The van der Waals surface area contributed by atoms with E-state index in [1.807, 2.05) is 0 Å². The first-order valence-electron chi connectivity index (χ1n) is 10.1. The van der Waals surface area contributed by atoms with E-state index in [4.69, 9.17) is 9.47 Å². The molecule has 0 saturated heterocycles. The average molecular weight is 315 g/mol. The molecule has 0 aliphatic carbocycles. The zero-order valence-corrected chi connectivity index (χ0v) is 15.5. The zero-order chi connectivity index (χ0) is 16.1. The van der Waals surface area contributed by atoms with Crippen LogP contribution in [0.2, 0.25) is 0 Å². The summed E-state index contributed by atoms with van der Waals surface area (Å²) in [5, 5.41) is 0. The first kappa shape index (κ1) is 21.9. The van der Waals surface area contributed by atoms with Crippen molar-refractivity contribution < 1.29 is 9.47 Å². The summed E-state index contributed by atoms with van der Waals surface area (Å²) in [5.74, 6) is 0. The SMILES string of the molecule is CCCCCCCCCCCCOCCOCCCCCC. The maximum atomic E-state index is 5.61. The fourth-order valence-corrected chi connectivity index (χ4v) is 2.64. The monoisotopic (exact) mass is 314 g/mol. The summed E-state index contributed by atoms with van der Waals surface area (Å²) in [7, 11) is 0. The highest BCUT2D eigenvalue weighted by Crippen LogP contribution is 2.10. The molecule has 0 aromatic rings. The van der Waals surface area contributed by atoms with Crippen LogP contribution in [0.3, 0.4) is 0 Å². The molecule has 0 saturated carbocycles. The smallest absolute Gasteiger partial charge is 0.0700 e. The Morgan fingerprint density at radius 3 is 1.09 bits per heavy atom. The number of rotatable bonds is 19. The van der Waals surface area contributed by atoms with Gasteiger partial charge in [0, 0.05) is 13.2 Å². The van der Waals surface area contributed by atoms with Gasteiger partial charge in [0.1, 0.15) is 0 Å². The molecular formula is C20H42O2. The van der Waals surface area contributed by atoms with Gasteiger partial charge in [0.25, 0.3) is 0 Å². The topological polar surface area (TPSA) is 18.5 Å². The standard InChI is InChI=1S/C20H42O2/c1-3-5-7-9-10-11-12-13-14-16-18-22-20-19-21-17-15-8-6-4-2/h3-20H2,1-2H3. The summed E-state index contributed by atoms with van der Waals surface area (Å²) >= 11 is 0. The second-order valence-electron chi connectivity index (χ2n) is 6.47. The highest BCUT2D eigenvalue weighted by atomic mass is 16.5. The zero-order valence-electron chi connectivity index (χ0n) is 15.5. The molecule has 134 valence electrons. The third-order valence-electron chi connectivity index (χ3n) is 4.16. The fourth-order valence-electron chi connectivity index (χ4n) is 2.64. The lowest BCUT2D eigenvalue weighted by Crippen LogP contribution is -2.06. The molecule has 0 amide bonds. The van der Waals surface area contributed by atoms with Gasteiger partial charge in [-0.2, -0.15) is 0 Å². The summed E-state index contributed by atoms with van der Waals surface area (Å²) < 4.78 is 11.2. The van der Waals surface area contributed by atoms with Gasteiger partial charge in [-0.1, -0.05) is 90.9 Å².